The van der Waals surface area contributed by atoms with Gasteiger partial charge in [0.05, 0.1) is 12.6 Å². The van der Waals surface area contributed by atoms with Crippen molar-refractivity contribution < 1.29 is 57.8 Å². The number of aliphatic hydroxyl groups excluding tert-OH is 1. The molecular weight excluding hydrogens is 1070 g/mol. The largest absolute Gasteiger partial charge is 0.390 e. The molecule has 0 unspecified atom stereocenters. The van der Waals surface area contributed by atoms with Crippen molar-refractivity contribution in [2.24, 2.45) is 35.5 Å². The molecule has 1 heterocycles. The van der Waals surface area contributed by atoms with Crippen molar-refractivity contribution in [1.29, 1.82) is 0 Å². The maximum absolute atomic E-state index is 14.8. The van der Waals surface area contributed by atoms with Crippen molar-refractivity contribution in [3.05, 3.63) is 12.2 Å². The number of rotatable bonds is 14. The predicted octanol–water partition coefficient (Wildman–Crippen LogP) is 2.63. The maximum atomic E-state index is 14.8. The summed E-state index contributed by atoms with van der Waals surface area (Å²) in [5, 5.41) is 22.9. The SMILES string of the molecule is C/C=C/C[C@@H](C)[C@@H](O)[C@H]1C(=O)N[C@@H](CC)C(=O)N(C)CC(=O)N(C)[C@H](CC(C)C)C(=O)N[C@H](C(C)C)C(=O)N(C)[C@H](CC(C)C)C(=O)N[C@@H](C)C(=O)N[C@H](C)C(=O)N(C)[C@@H](CC(C)C)C(=O)N(C)[C@@H](CC(C)C)C(=O)N(C)[C@@H](C)C(=O)N1C. The summed E-state index contributed by atoms with van der Waals surface area (Å²) in [6.07, 6.45) is 3.05. The Morgan fingerprint density at radius 3 is 1.36 bits per heavy atom. The normalized spacial score (nSPS) is 27.2. The Labute approximate surface area is 496 Å². The third kappa shape index (κ3) is 21.2. The van der Waals surface area contributed by atoms with E-state index in [4.69, 9.17) is 0 Å². The topological polar surface area (TPSA) is 279 Å². The Kier molecular flexibility index (Phi) is 30.7. The minimum absolute atomic E-state index is 0.0246. The highest BCUT2D eigenvalue weighted by Gasteiger charge is 2.44. The molecule has 1 aliphatic rings. The van der Waals surface area contributed by atoms with Crippen molar-refractivity contribution in [2.45, 2.75) is 216 Å². The zero-order valence-electron chi connectivity index (χ0n) is 54.5. The molecule has 0 aromatic heterocycles. The van der Waals surface area contributed by atoms with E-state index in [1.54, 1.807) is 46.8 Å². The van der Waals surface area contributed by atoms with Crippen LogP contribution in [0.5, 0.6) is 0 Å². The first-order valence-electron chi connectivity index (χ1n) is 29.7. The summed E-state index contributed by atoms with van der Waals surface area (Å²) in [5.74, 6) is -9.15. The Morgan fingerprint density at radius 1 is 0.482 bits per heavy atom. The van der Waals surface area contributed by atoms with E-state index in [0.717, 1.165) is 9.80 Å². The van der Waals surface area contributed by atoms with Gasteiger partial charge in [0.15, 0.2) is 0 Å². The van der Waals surface area contributed by atoms with E-state index in [-0.39, 0.29) is 55.8 Å². The lowest BCUT2D eigenvalue weighted by Gasteiger charge is -2.40. The number of amides is 11. The summed E-state index contributed by atoms with van der Waals surface area (Å²) in [4.78, 5) is 167. The van der Waals surface area contributed by atoms with Crippen LogP contribution in [0.15, 0.2) is 12.2 Å². The van der Waals surface area contributed by atoms with Gasteiger partial charge in [0.25, 0.3) is 0 Å². The minimum atomic E-state index is -1.60. The number of carbonyl (C=O) groups is 11. The molecule has 474 valence electrons. The standard InChI is InChI=1S/C60H107N11O12/c1-24-26-27-38(13)50(73)49-54(77)63-42(25-2)57(80)65(17)32-47(72)67(19)43(28-33(3)4)53(76)64-48(37(11)12)60(83)68(20)44(29-34(5)6)52(75)61-39(14)51(74)62-40(15)55(78)69(21)46(31-36(9)10)59(82)70(22)45(30-35(7)8)58(81)66(18)41(16)56(79)71(49)23/h24,26,33-46,48-50,73H,25,27-32H2,1-23H3,(H,61,75)(H,62,74)(H,63,77)(H,64,76)/b26-24+/t38-,39+,40-,41+,42+,43-,44-,45+,46+,48-,49+,50-/m1/s1. The number of likely N-dealkylation sites (N-methyl/N-ethyl adjacent to an activating group) is 7. The summed E-state index contributed by atoms with van der Waals surface area (Å²) >= 11 is 0. The molecule has 12 atom stereocenters. The quantitative estimate of drug-likeness (QED) is 0.157. The Bertz CT molecular complexity index is 2270. The van der Waals surface area contributed by atoms with Crippen LogP contribution in [0.1, 0.15) is 149 Å². The van der Waals surface area contributed by atoms with Crippen LogP contribution in [-0.2, 0) is 52.7 Å². The first-order valence-corrected chi connectivity index (χ1v) is 29.7. The van der Waals surface area contributed by atoms with Gasteiger partial charge in [-0.1, -0.05) is 95.2 Å². The van der Waals surface area contributed by atoms with Gasteiger partial charge in [0.2, 0.25) is 65.0 Å². The fourth-order valence-corrected chi connectivity index (χ4v) is 10.1. The van der Waals surface area contributed by atoms with E-state index in [2.05, 4.69) is 21.3 Å². The smallest absolute Gasteiger partial charge is 0.246 e. The summed E-state index contributed by atoms with van der Waals surface area (Å²) in [6.45, 7) is 27.3. The lowest BCUT2D eigenvalue weighted by atomic mass is 9.92. The molecule has 83 heavy (non-hydrogen) atoms. The molecule has 0 bridgehead atoms. The number of aliphatic hydroxyl groups is 1. The number of hydrogen-bond acceptors (Lipinski definition) is 12. The van der Waals surface area contributed by atoms with Crippen LogP contribution in [0, 0.1) is 35.5 Å². The number of carbonyl (C=O) groups excluding carboxylic acids is 11. The van der Waals surface area contributed by atoms with Gasteiger partial charge in [-0.3, -0.25) is 52.7 Å². The Morgan fingerprint density at radius 2 is 0.904 bits per heavy atom. The first-order chi connectivity index (χ1) is 38.3. The van der Waals surface area contributed by atoms with Crippen LogP contribution >= 0.6 is 0 Å². The Balaban J connectivity index is 4.23. The average molecular weight is 1170 g/mol. The van der Waals surface area contributed by atoms with E-state index < -0.39 is 150 Å². The molecule has 0 radical (unpaired) electrons. The highest BCUT2D eigenvalue weighted by molar-refractivity contribution is 5.99. The molecule has 1 rings (SSSR count). The molecule has 0 aromatic carbocycles. The van der Waals surface area contributed by atoms with E-state index >= 15 is 0 Å². The van der Waals surface area contributed by atoms with Crippen molar-refractivity contribution >= 4 is 65.0 Å². The predicted molar refractivity (Wildman–Crippen MR) is 319 cm³/mol. The van der Waals surface area contributed by atoms with Gasteiger partial charge in [-0.05, 0) is 102 Å². The highest BCUT2D eigenvalue weighted by atomic mass is 16.3. The minimum Gasteiger partial charge on any atom is -0.390 e. The van der Waals surface area contributed by atoms with Crippen molar-refractivity contribution in [1.82, 2.24) is 55.6 Å². The number of allylic oxidation sites excluding steroid dienone is 2. The van der Waals surface area contributed by atoms with Crippen LogP contribution in [0.25, 0.3) is 0 Å². The van der Waals surface area contributed by atoms with Crippen LogP contribution < -0.4 is 21.3 Å². The molecule has 1 aliphatic heterocycles. The molecule has 11 amide bonds. The van der Waals surface area contributed by atoms with Crippen LogP contribution in [0.3, 0.4) is 0 Å². The summed E-state index contributed by atoms with van der Waals surface area (Å²) < 4.78 is 0. The summed E-state index contributed by atoms with van der Waals surface area (Å²) in [7, 11) is 9.82. The molecule has 1 saturated heterocycles. The first kappa shape index (κ1) is 74.9. The average Bonchev–Trinajstić information content (AvgIpc) is 3.59. The second-order valence-electron chi connectivity index (χ2n) is 25.1. The maximum Gasteiger partial charge on any atom is 0.246 e. The lowest BCUT2D eigenvalue weighted by molar-refractivity contribution is -0.156. The summed E-state index contributed by atoms with van der Waals surface area (Å²) in [5.41, 5.74) is 0. The van der Waals surface area contributed by atoms with E-state index in [1.165, 1.54) is 94.6 Å². The van der Waals surface area contributed by atoms with E-state index in [9.17, 15) is 57.8 Å². The lowest BCUT2D eigenvalue weighted by Crippen LogP contribution is -2.62. The van der Waals surface area contributed by atoms with Crippen LogP contribution in [0.2, 0.25) is 0 Å². The van der Waals surface area contributed by atoms with Gasteiger partial charge >= 0.3 is 0 Å². The van der Waals surface area contributed by atoms with Crippen molar-refractivity contribution in [3.63, 3.8) is 0 Å². The zero-order valence-corrected chi connectivity index (χ0v) is 54.5. The number of nitrogens with one attached hydrogen (secondary N) is 4. The summed E-state index contributed by atoms with van der Waals surface area (Å²) in [6, 6.07) is -12.3. The number of hydrogen-bond donors (Lipinski definition) is 5. The molecular formula is C60H107N11O12. The molecule has 0 aromatic rings. The molecule has 5 N–H and O–H groups in total. The van der Waals surface area contributed by atoms with Crippen molar-refractivity contribution in [3.8, 4) is 0 Å². The van der Waals surface area contributed by atoms with Gasteiger partial charge < -0.3 is 60.7 Å². The molecule has 0 saturated carbocycles. The molecule has 23 nitrogen and oxygen atoms in total. The van der Waals surface area contributed by atoms with Gasteiger partial charge in [-0.25, -0.2) is 0 Å². The fraction of sp³-hybridized carbons (Fsp3) is 0.783. The molecule has 23 heteroatoms. The van der Waals surface area contributed by atoms with E-state index in [0.29, 0.717) is 6.42 Å². The fourth-order valence-electron chi connectivity index (χ4n) is 10.1. The van der Waals surface area contributed by atoms with Crippen LogP contribution in [-0.4, -0.2) is 227 Å². The molecule has 1 fully saturated rings. The second-order valence-corrected chi connectivity index (χ2v) is 25.1. The highest BCUT2D eigenvalue weighted by Crippen LogP contribution is 2.24. The third-order valence-corrected chi connectivity index (χ3v) is 15.7. The number of nitrogens with zero attached hydrogens (tertiary/aromatic N) is 7. The monoisotopic (exact) mass is 1170 g/mol. The second kappa shape index (κ2) is 34.0. The Hall–Kier alpha value is -6.13. The van der Waals surface area contributed by atoms with Gasteiger partial charge in [-0.2, -0.15) is 0 Å². The third-order valence-electron chi connectivity index (χ3n) is 15.7. The van der Waals surface area contributed by atoms with Crippen molar-refractivity contribution in [2.75, 3.05) is 55.9 Å². The van der Waals surface area contributed by atoms with E-state index in [1.807, 2.05) is 55.4 Å². The van der Waals surface area contributed by atoms with Gasteiger partial charge in [0, 0.05) is 49.3 Å². The molecule has 0 aliphatic carbocycles. The van der Waals surface area contributed by atoms with Gasteiger partial charge in [-0.15, -0.1) is 0 Å². The van der Waals surface area contributed by atoms with Crippen LogP contribution in [0.4, 0.5) is 0 Å². The molecule has 0 spiro atoms. The van der Waals surface area contributed by atoms with Gasteiger partial charge in [0.1, 0.15) is 60.4 Å². The zero-order chi connectivity index (χ0) is 64.4.